The van der Waals surface area contributed by atoms with Crippen LogP contribution in [0.25, 0.3) is 11.0 Å². The molecule has 0 aromatic carbocycles. The Labute approximate surface area is 99.9 Å². The fourth-order valence-electron chi connectivity index (χ4n) is 2.41. The average molecular weight is 232 g/mol. The van der Waals surface area contributed by atoms with E-state index >= 15 is 0 Å². The highest BCUT2D eigenvalue weighted by Crippen LogP contribution is 2.29. The summed E-state index contributed by atoms with van der Waals surface area (Å²) in [6.45, 7) is 4.14. The van der Waals surface area contributed by atoms with E-state index in [1.807, 2.05) is 23.7 Å². The summed E-state index contributed by atoms with van der Waals surface area (Å²) >= 11 is 0. The summed E-state index contributed by atoms with van der Waals surface area (Å²) < 4.78 is 2.05. The number of aryl methyl sites for hydroxylation is 1. The first kappa shape index (κ1) is 11.6. The van der Waals surface area contributed by atoms with Crippen molar-refractivity contribution in [1.82, 2.24) is 9.55 Å². The van der Waals surface area contributed by atoms with E-state index in [0.29, 0.717) is 0 Å². The summed E-state index contributed by atoms with van der Waals surface area (Å²) in [6, 6.07) is 3.84. The van der Waals surface area contributed by atoms with Gasteiger partial charge in [-0.05, 0) is 18.1 Å². The predicted molar refractivity (Wildman–Crippen MR) is 66.1 cm³/mol. The molecular formula is C13H16N2O2. The molecule has 0 saturated carbocycles. The van der Waals surface area contributed by atoms with E-state index in [-0.39, 0.29) is 12.3 Å². The van der Waals surface area contributed by atoms with Crippen molar-refractivity contribution >= 4 is 17.0 Å². The molecule has 4 heteroatoms. The van der Waals surface area contributed by atoms with Crippen molar-refractivity contribution in [3.8, 4) is 0 Å². The first-order valence-electron chi connectivity index (χ1n) is 5.66. The van der Waals surface area contributed by atoms with Crippen LogP contribution in [0.2, 0.25) is 0 Å². The molecule has 0 unspecified atom stereocenters. The van der Waals surface area contributed by atoms with E-state index in [1.54, 1.807) is 6.20 Å². The standard InChI is InChI=1S/C13H16N2O2/c1-8(2)13-9(7-11(16)17)12-10(15(13)3)5-4-6-14-12/h4-6,8H,7H2,1-3H3,(H,16,17). The number of fused-ring (bicyclic) bond motifs is 1. The quantitative estimate of drug-likeness (QED) is 0.883. The number of rotatable bonds is 3. The highest BCUT2D eigenvalue weighted by Gasteiger charge is 2.19. The van der Waals surface area contributed by atoms with Gasteiger partial charge in [0, 0.05) is 24.5 Å². The molecule has 2 heterocycles. The molecule has 0 aliphatic heterocycles. The zero-order valence-corrected chi connectivity index (χ0v) is 10.3. The van der Waals surface area contributed by atoms with Crippen LogP contribution in [0.4, 0.5) is 0 Å². The van der Waals surface area contributed by atoms with E-state index in [1.165, 1.54) is 0 Å². The van der Waals surface area contributed by atoms with Crippen LogP contribution in [-0.4, -0.2) is 20.6 Å². The Kier molecular flexibility index (Phi) is 2.88. The number of aliphatic carboxylic acids is 1. The second-order valence-corrected chi connectivity index (χ2v) is 4.52. The van der Waals surface area contributed by atoms with E-state index < -0.39 is 5.97 Å². The molecule has 1 N–H and O–H groups in total. The zero-order chi connectivity index (χ0) is 12.6. The van der Waals surface area contributed by atoms with E-state index in [2.05, 4.69) is 18.8 Å². The lowest BCUT2D eigenvalue weighted by Crippen LogP contribution is -2.06. The Balaban J connectivity index is 2.76. The maximum Gasteiger partial charge on any atom is 0.307 e. The van der Waals surface area contributed by atoms with E-state index in [0.717, 1.165) is 22.3 Å². The highest BCUT2D eigenvalue weighted by atomic mass is 16.4. The van der Waals surface area contributed by atoms with E-state index in [9.17, 15) is 4.79 Å². The van der Waals surface area contributed by atoms with Crippen LogP contribution in [-0.2, 0) is 18.3 Å². The van der Waals surface area contributed by atoms with Gasteiger partial charge in [0.15, 0.2) is 0 Å². The fraction of sp³-hybridized carbons (Fsp3) is 0.385. The largest absolute Gasteiger partial charge is 0.481 e. The molecule has 0 aliphatic rings. The van der Waals surface area contributed by atoms with Gasteiger partial charge in [0.1, 0.15) is 0 Å². The van der Waals surface area contributed by atoms with Gasteiger partial charge in [-0.1, -0.05) is 13.8 Å². The van der Waals surface area contributed by atoms with Crippen LogP contribution >= 0.6 is 0 Å². The molecular weight excluding hydrogens is 216 g/mol. The lowest BCUT2D eigenvalue weighted by molar-refractivity contribution is -0.136. The third-order valence-electron chi connectivity index (χ3n) is 2.98. The van der Waals surface area contributed by atoms with Crippen molar-refractivity contribution in [1.29, 1.82) is 0 Å². The Hall–Kier alpha value is -1.84. The van der Waals surface area contributed by atoms with Crippen LogP contribution in [0.5, 0.6) is 0 Å². The maximum absolute atomic E-state index is 11.0. The fourth-order valence-corrected chi connectivity index (χ4v) is 2.41. The topological polar surface area (TPSA) is 55.1 Å². The molecule has 0 spiro atoms. The van der Waals surface area contributed by atoms with Gasteiger partial charge >= 0.3 is 5.97 Å². The molecule has 2 aromatic rings. The number of hydrogen-bond donors (Lipinski definition) is 1. The number of aromatic nitrogens is 2. The zero-order valence-electron chi connectivity index (χ0n) is 10.3. The lowest BCUT2D eigenvalue weighted by atomic mass is 10.0. The molecule has 2 aromatic heterocycles. The lowest BCUT2D eigenvalue weighted by Gasteiger charge is -2.09. The number of carbonyl (C=O) groups is 1. The van der Waals surface area contributed by atoms with Gasteiger partial charge < -0.3 is 9.67 Å². The molecule has 17 heavy (non-hydrogen) atoms. The normalized spacial score (nSPS) is 11.3. The number of nitrogens with zero attached hydrogens (tertiary/aromatic N) is 2. The van der Waals surface area contributed by atoms with Crippen molar-refractivity contribution in [2.45, 2.75) is 26.2 Å². The molecule has 0 bridgehead atoms. The van der Waals surface area contributed by atoms with Crippen molar-refractivity contribution < 1.29 is 9.90 Å². The summed E-state index contributed by atoms with van der Waals surface area (Å²) in [5, 5.41) is 9.00. The molecule has 0 aliphatic carbocycles. The van der Waals surface area contributed by atoms with Gasteiger partial charge in [-0.15, -0.1) is 0 Å². The van der Waals surface area contributed by atoms with Crippen molar-refractivity contribution in [3.63, 3.8) is 0 Å². The molecule has 90 valence electrons. The average Bonchev–Trinajstić information content (AvgIpc) is 2.52. The number of carboxylic acids is 1. The number of pyridine rings is 1. The van der Waals surface area contributed by atoms with Gasteiger partial charge in [0.05, 0.1) is 17.5 Å². The van der Waals surface area contributed by atoms with Gasteiger partial charge in [-0.25, -0.2) is 0 Å². The second-order valence-electron chi connectivity index (χ2n) is 4.52. The molecule has 0 saturated heterocycles. The Morgan fingerprint density at radius 3 is 2.82 bits per heavy atom. The van der Waals surface area contributed by atoms with Crippen molar-refractivity contribution in [2.24, 2.45) is 7.05 Å². The second kappa shape index (κ2) is 4.20. The third kappa shape index (κ3) is 1.90. The SMILES string of the molecule is CC(C)c1c(CC(=O)O)c2ncccc2n1C. The molecule has 0 radical (unpaired) electrons. The smallest absolute Gasteiger partial charge is 0.307 e. The first-order valence-corrected chi connectivity index (χ1v) is 5.66. The Morgan fingerprint density at radius 1 is 1.53 bits per heavy atom. The van der Waals surface area contributed by atoms with Crippen LogP contribution in [0.15, 0.2) is 18.3 Å². The van der Waals surface area contributed by atoms with Crippen LogP contribution < -0.4 is 0 Å². The molecule has 0 atom stereocenters. The van der Waals surface area contributed by atoms with Gasteiger partial charge in [-0.3, -0.25) is 9.78 Å². The van der Waals surface area contributed by atoms with Crippen molar-refractivity contribution in [3.05, 3.63) is 29.6 Å². The third-order valence-corrected chi connectivity index (χ3v) is 2.98. The Bertz CT molecular complexity index is 570. The first-order chi connectivity index (χ1) is 8.02. The number of hydrogen-bond acceptors (Lipinski definition) is 2. The minimum absolute atomic E-state index is 0.0296. The highest BCUT2D eigenvalue weighted by molar-refractivity contribution is 5.86. The summed E-state index contributed by atoms with van der Waals surface area (Å²) in [7, 11) is 1.96. The summed E-state index contributed by atoms with van der Waals surface area (Å²) in [4.78, 5) is 15.3. The Morgan fingerprint density at radius 2 is 2.24 bits per heavy atom. The maximum atomic E-state index is 11.0. The summed E-state index contributed by atoms with van der Waals surface area (Å²) in [5.74, 6) is -0.534. The van der Waals surface area contributed by atoms with Gasteiger partial charge in [0.25, 0.3) is 0 Å². The van der Waals surface area contributed by atoms with Gasteiger partial charge in [-0.2, -0.15) is 0 Å². The predicted octanol–water partition coefficient (Wildman–Crippen LogP) is 2.32. The molecule has 0 fully saturated rings. The van der Waals surface area contributed by atoms with Crippen LogP contribution in [0.1, 0.15) is 31.0 Å². The van der Waals surface area contributed by atoms with Crippen LogP contribution in [0.3, 0.4) is 0 Å². The van der Waals surface area contributed by atoms with Gasteiger partial charge in [0.2, 0.25) is 0 Å². The minimum atomic E-state index is -0.815. The van der Waals surface area contributed by atoms with E-state index in [4.69, 9.17) is 5.11 Å². The minimum Gasteiger partial charge on any atom is -0.481 e. The number of carboxylic acid groups (broad SMARTS) is 1. The molecule has 2 rings (SSSR count). The van der Waals surface area contributed by atoms with Crippen LogP contribution in [0, 0.1) is 0 Å². The summed E-state index contributed by atoms with van der Waals surface area (Å²) in [6.07, 6.45) is 1.74. The molecule has 4 nitrogen and oxygen atoms in total. The van der Waals surface area contributed by atoms with Crippen molar-refractivity contribution in [2.75, 3.05) is 0 Å². The summed E-state index contributed by atoms with van der Waals surface area (Å²) in [5.41, 5.74) is 3.69. The monoisotopic (exact) mass is 232 g/mol. The molecule has 0 amide bonds.